The Hall–Kier alpha value is -2.89. The molecule has 0 aliphatic carbocycles. The van der Waals surface area contributed by atoms with Crippen LogP contribution in [0.3, 0.4) is 0 Å². The predicted octanol–water partition coefficient (Wildman–Crippen LogP) is 4.32. The van der Waals surface area contributed by atoms with Gasteiger partial charge in [0, 0.05) is 11.6 Å². The number of carbonyl (C=O) groups excluding carboxylic acids is 1. The maximum Gasteiger partial charge on any atom is 0.349 e. The van der Waals surface area contributed by atoms with Crippen molar-refractivity contribution >= 4 is 11.7 Å². The normalized spacial score (nSPS) is 10.6. The topological polar surface area (TPSA) is 78.7 Å². The largest absolute Gasteiger partial charge is 0.482 e. The zero-order chi connectivity index (χ0) is 18.6. The van der Waals surface area contributed by atoms with Gasteiger partial charge in [0.15, 0.2) is 6.61 Å². The van der Waals surface area contributed by atoms with Gasteiger partial charge in [0.25, 0.3) is 5.69 Å². The number of benzene rings is 2. The Morgan fingerprint density at radius 2 is 1.88 bits per heavy atom. The van der Waals surface area contributed by atoms with E-state index < -0.39 is 10.9 Å². The number of nitro benzene ring substituents is 1. The monoisotopic (exact) mass is 343 g/mol. The van der Waals surface area contributed by atoms with Gasteiger partial charge in [0.1, 0.15) is 11.5 Å². The second-order valence-electron chi connectivity index (χ2n) is 6.16. The summed E-state index contributed by atoms with van der Waals surface area (Å²) in [5.74, 6) is 0.616. The molecular formula is C19H21NO5. The van der Waals surface area contributed by atoms with Crippen LogP contribution < -0.4 is 9.47 Å². The van der Waals surface area contributed by atoms with Crippen molar-refractivity contribution < 1.29 is 19.2 Å². The number of rotatable bonds is 6. The van der Waals surface area contributed by atoms with Crippen molar-refractivity contribution in [2.45, 2.75) is 33.6 Å². The van der Waals surface area contributed by atoms with Crippen molar-refractivity contribution in [3.8, 4) is 11.5 Å². The minimum Gasteiger partial charge on any atom is -0.482 e. The fourth-order valence-electron chi connectivity index (χ4n) is 2.44. The Balaban J connectivity index is 2.03. The van der Waals surface area contributed by atoms with Crippen LogP contribution in [0.25, 0.3) is 0 Å². The molecule has 132 valence electrons. The van der Waals surface area contributed by atoms with E-state index >= 15 is 0 Å². The first-order valence-electron chi connectivity index (χ1n) is 7.97. The van der Waals surface area contributed by atoms with Crippen molar-refractivity contribution in [2.75, 3.05) is 6.61 Å². The van der Waals surface area contributed by atoms with E-state index in [-0.39, 0.29) is 24.0 Å². The van der Waals surface area contributed by atoms with Gasteiger partial charge in [-0.25, -0.2) is 4.79 Å². The lowest BCUT2D eigenvalue weighted by Gasteiger charge is -2.14. The molecule has 0 aliphatic heterocycles. The highest BCUT2D eigenvalue weighted by molar-refractivity contribution is 5.74. The molecule has 0 heterocycles. The maximum absolute atomic E-state index is 12.0. The SMILES string of the molecule is Cc1ccc(C(C)C)c(OCC(=O)Oc2ccc([N+](=O)[O-])c(C)c2)c1. The third-order valence-corrected chi connectivity index (χ3v) is 3.73. The van der Waals surface area contributed by atoms with Crippen LogP contribution in [-0.2, 0) is 4.79 Å². The van der Waals surface area contributed by atoms with Gasteiger partial charge in [-0.3, -0.25) is 10.1 Å². The number of ether oxygens (including phenoxy) is 2. The standard InChI is InChI=1S/C19H21NO5/c1-12(2)16-7-5-13(3)9-18(16)24-11-19(21)25-15-6-8-17(20(22)23)14(4)10-15/h5-10,12H,11H2,1-4H3. The van der Waals surface area contributed by atoms with E-state index in [2.05, 4.69) is 13.8 Å². The van der Waals surface area contributed by atoms with E-state index in [1.54, 1.807) is 6.92 Å². The van der Waals surface area contributed by atoms with Crippen LogP contribution in [0.2, 0.25) is 0 Å². The van der Waals surface area contributed by atoms with Gasteiger partial charge in [-0.1, -0.05) is 26.0 Å². The Morgan fingerprint density at radius 1 is 1.16 bits per heavy atom. The van der Waals surface area contributed by atoms with Crippen molar-refractivity contribution in [3.63, 3.8) is 0 Å². The molecule has 0 unspecified atom stereocenters. The van der Waals surface area contributed by atoms with E-state index in [1.165, 1.54) is 18.2 Å². The average molecular weight is 343 g/mol. The minimum atomic E-state index is -0.565. The lowest BCUT2D eigenvalue weighted by atomic mass is 10.0. The number of aryl methyl sites for hydroxylation is 2. The molecule has 0 saturated heterocycles. The zero-order valence-electron chi connectivity index (χ0n) is 14.7. The first-order chi connectivity index (χ1) is 11.8. The van der Waals surface area contributed by atoms with E-state index in [9.17, 15) is 14.9 Å². The summed E-state index contributed by atoms with van der Waals surface area (Å²) in [6.45, 7) is 7.41. The van der Waals surface area contributed by atoms with E-state index in [4.69, 9.17) is 9.47 Å². The Kier molecular flexibility index (Phi) is 5.75. The number of nitrogens with zero attached hydrogens (tertiary/aromatic N) is 1. The van der Waals surface area contributed by atoms with E-state index in [0.29, 0.717) is 11.3 Å². The Morgan fingerprint density at radius 3 is 2.48 bits per heavy atom. The summed E-state index contributed by atoms with van der Waals surface area (Å²) in [5.41, 5.74) is 2.47. The van der Waals surface area contributed by atoms with Crippen LogP contribution in [-0.4, -0.2) is 17.5 Å². The fraction of sp³-hybridized carbons (Fsp3) is 0.316. The van der Waals surface area contributed by atoms with Gasteiger partial charge in [-0.2, -0.15) is 0 Å². The summed E-state index contributed by atoms with van der Waals surface area (Å²) in [5, 5.41) is 10.8. The second-order valence-corrected chi connectivity index (χ2v) is 6.16. The number of nitro groups is 1. The quantitative estimate of drug-likeness (QED) is 0.338. The molecule has 2 aromatic carbocycles. The molecule has 0 aliphatic rings. The molecular weight excluding hydrogens is 322 g/mol. The van der Waals surface area contributed by atoms with Crippen LogP contribution in [0.5, 0.6) is 11.5 Å². The van der Waals surface area contributed by atoms with Gasteiger partial charge >= 0.3 is 5.97 Å². The fourth-order valence-corrected chi connectivity index (χ4v) is 2.44. The molecule has 0 bridgehead atoms. The van der Waals surface area contributed by atoms with Gasteiger partial charge in [-0.15, -0.1) is 0 Å². The van der Waals surface area contributed by atoms with Crippen LogP contribution >= 0.6 is 0 Å². The third kappa shape index (κ3) is 4.79. The molecule has 0 atom stereocenters. The summed E-state index contributed by atoms with van der Waals surface area (Å²) < 4.78 is 10.8. The van der Waals surface area contributed by atoms with Crippen LogP contribution in [0.15, 0.2) is 36.4 Å². The average Bonchev–Trinajstić information content (AvgIpc) is 2.52. The summed E-state index contributed by atoms with van der Waals surface area (Å²) in [6, 6.07) is 10.0. The molecule has 0 N–H and O–H groups in total. The molecule has 0 fully saturated rings. The van der Waals surface area contributed by atoms with Crippen molar-refractivity contribution in [3.05, 3.63) is 63.2 Å². The predicted molar refractivity (Wildman–Crippen MR) is 94.2 cm³/mol. The third-order valence-electron chi connectivity index (χ3n) is 3.73. The van der Waals surface area contributed by atoms with Crippen LogP contribution in [0.4, 0.5) is 5.69 Å². The van der Waals surface area contributed by atoms with Gasteiger partial charge in [0.05, 0.1) is 4.92 Å². The lowest BCUT2D eigenvalue weighted by Crippen LogP contribution is -2.18. The summed E-state index contributed by atoms with van der Waals surface area (Å²) >= 11 is 0. The molecule has 0 spiro atoms. The molecule has 0 amide bonds. The highest BCUT2D eigenvalue weighted by Gasteiger charge is 2.14. The minimum absolute atomic E-state index is 0.0163. The molecule has 6 heteroatoms. The molecule has 2 rings (SSSR count). The molecule has 0 radical (unpaired) electrons. The molecule has 2 aromatic rings. The highest BCUT2D eigenvalue weighted by atomic mass is 16.6. The maximum atomic E-state index is 12.0. The number of hydrogen-bond acceptors (Lipinski definition) is 5. The second kappa shape index (κ2) is 7.79. The number of hydrogen-bond donors (Lipinski definition) is 0. The number of carbonyl (C=O) groups is 1. The summed E-state index contributed by atoms with van der Waals surface area (Å²) in [7, 11) is 0. The number of esters is 1. The summed E-state index contributed by atoms with van der Waals surface area (Å²) in [6.07, 6.45) is 0. The van der Waals surface area contributed by atoms with Crippen molar-refractivity contribution in [2.24, 2.45) is 0 Å². The Labute approximate surface area is 146 Å². The van der Waals surface area contributed by atoms with Gasteiger partial charge < -0.3 is 9.47 Å². The Bertz CT molecular complexity index is 798. The van der Waals surface area contributed by atoms with Gasteiger partial charge in [-0.05, 0) is 49.1 Å². The highest BCUT2D eigenvalue weighted by Crippen LogP contribution is 2.28. The zero-order valence-corrected chi connectivity index (χ0v) is 14.7. The van der Waals surface area contributed by atoms with Crippen LogP contribution in [0, 0.1) is 24.0 Å². The summed E-state index contributed by atoms with van der Waals surface area (Å²) in [4.78, 5) is 22.3. The smallest absolute Gasteiger partial charge is 0.349 e. The van der Waals surface area contributed by atoms with Crippen molar-refractivity contribution in [1.82, 2.24) is 0 Å². The lowest BCUT2D eigenvalue weighted by molar-refractivity contribution is -0.385. The van der Waals surface area contributed by atoms with Crippen molar-refractivity contribution in [1.29, 1.82) is 0 Å². The first-order valence-corrected chi connectivity index (χ1v) is 7.97. The van der Waals surface area contributed by atoms with E-state index in [0.717, 1.165) is 11.1 Å². The van der Waals surface area contributed by atoms with Gasteiger partial charge in [0.2, 0.25) is 0 Å². The molecule has 0 aromatic heterocycles. The van der Waals surface area contributed by atoms with E-state index in [1.807, 2.05) is 25.1 Å². The molecule has 0 saturated carbocycles. The first kappa shape index (κ1) is 18.4. The van der Waals surface area contributed by atoms with Crippen LogP contribution in [0.1, 0.15) is 36.5 Å². The molecule has 25 heavy (non-hydrogen) atoms. The molecule has 6 nitrogen and oxygen atoms in total.